The molecule has 6 nitrogen and oxygen atoms in total. The maximum absolute atomic E-state index is 13.6. The van der Waals surface area contributed by atoms with Crippen molar-refractivity contribution < 1.29 is 17.6 Å². The molecule has 124 valence electrons. The standard InChI is InChI=1S/C16H14FN3O3S/c1-10(16(21)19-13-8-4-3-7-12(13)17)18-15-11-6-2-5-9-14(11)24(22,23)20-15/h2-10H,1H3,(H,18,20)(H,19,21)/t10-/m0/s1. The summed E-state index contributed by atoms with van der Waals surface area (Å²) in [7, 11) is -3.66. The molecule has 0 unspecified atom stereocenters. The largest absolute Gasteiger partial charge is 0.322 e. The monoisotopic (exact) mass is 347 g/mol. The van der Waals surface area contributed by atoms with Gasteiger partial charge in [-0.05, 0) is 31.2 Å². The molecule has 8 heteroatoms. The lowest BCUT2D eigenvalue weighted by Gasteiger charge is -2.10. The smallest absolute Gasteiger partial charge is 0.263 e. The molecule has 3 rings (SSSR count). The minimum absolute atomic E-state index is 0.0435. The molecule has 24 heavy (non-hydrogen) atoms. The number of carbonyl (C=O) groups is 1. The Bertz CT molecular complexity index is 941. The Labute approximate surface area is 138 Å². The molecule has 1 atom stereocenters. The number of fused-ring (bicyclic) bond motifs is 1. The van der Waals surface area contributed by atoms with Crippen LogP contribution in [0.25, 0.3) is 0 Å². The van der Waals surface area contributed by atoms with E-state index in [-0.39, 0.29) is 16.4 Å². The van der Waals surface area contributed by atoms with Crippen molar-refractivity contribution in [1.29, 1.82) is 0 Å². The van der Waals surface area contributed by atoms with Gasteiger partial charge in [-0.1, -0.05) is 24.3 Å². The molecule has 1 heterocycles. The van der Waals surface area contributed by atoms with Crippen LogP contribution in [0.1, 0.15) is 12.5 Å². The number of amides is 1. The van der Waals surface area contributed by atoms with E-state index in [0.29, 0.717) is 5.56 Å². The van der Waals surface area contributed by atoms with E-state index in [9.17, 15) is 17.6 Å². The Kier molecular flexibility index (Phi) is 4.06. The average Bonchev–Trinajstić information content (AvgIpc) is 2.81. The molecule has 0 saturated heterocycles. The predicted molar refractivity (Wildman–Crippen MR) is 87.8 cm³/mol. The number of hydrogen-bond acceptors (Lipinski definition) is 4. The number of aliphatic imine (C=N–C) groups is 1. The number of hydrogen-bond donors (Lipinski definition) is 2. The third-order valence-corrected chi connectivity index (χ3v) is 4.89. The Morgan fingerprint density at radius 2 is 1.83 bits per heavy atom. The number of benzene rings is 2. The van der Waals surface area contributed by atoms with Crippen LogP contribution in [0, 0.1) is 5.82 Å². The molecule has 1 aliphatic rings. The molecule has 2 aromatic carbocycles. The van der Waals surface area contributed by atoms with Gasteiger partial charge in [0.05, 0.1) is 10.6 Å². The van der Waals surface area contributed by atoms with Crippen LogP contribution in [0.4, 0.5) is 10.1 Å². The van der Waals surface area contributed by atoms with Crippen LogP contribution in [0.15, 0.2) is 58.4 Å². The number of anilines is 1. The van der Waals surface area contributed by atoms with Crippen LogP contribution < -0.4 is 10.0 Å². The van der Waals surface area contributed by atoms with Gasteiger partial charge in [0.1, 0.15) is 17.7 Å². The average molecular weight is 347 g/mol. The minimum atomic E-state index is -3.66. The fourth-order valence-corrected chi connectivity index (χ4v) is 3.52. The van der Waals surface area contributed by atoms with E-state index in [4.69, 9.17) is 0 Å². The maximum atomic E-state index is 13.6. The summed E-state index contributed by atoms with van der Waals surface area (Å²) in [4.78, 5) is 16.4. The van der Waals surface area contributed by atoms with E-state index in [0.717, 1.165) is 0 Å². The van der Waals surface area contributed by atoms with E-state index in [1.807, 2.05) is 0 Å². The molecule has 1 amide bonds. The molecule has 0 bridgehead atoms. The van der Waals surface area contributed by atoms with Crippen LogP contribution in [0.3, 0.4) is 0 Å². The number of nitrogens with one attached hydrogen (secondary N) is 2. The molecule has 0 spiro atoms. The van der Waals surface area contributed by atoms with Crippen molar-refractivity contribution >= 4 is 27.5 Å². The first-order valence-electron chi connectivity index (χ1n) is 7.14. The van der Waals surface area contributed by atoms with Gasteiger partial charge >= 0.3 is 0 Å². The Morgan fingerprint density at radius 3 is 2.58 bits per heavy atom. The number of amidine groups is 1. The fourth-order valence-electron chi connectivity index (χ4n) is 2.28. The van der Waals surface area contributed by atoms with Crippen molar-refractivity contribution in [2.24, 2.45) is 4.99 Å². The summed E-state index contributed by atoms with van der Waals surface area (Å²) in [6, 6.07) is 11.2. The number of nitrogens with zero attached hydrogens (tertiary/aromatic N) is 1. The summed E-state index contributed by atoms with van der Waals surface area (Å²) in [5.41, 5.74) is 0.449. The van der Waals surface area contributed by atoms with Gasteiger partial charge in [-0.25, -0.2) is 12.8 Å². The first-order chi connectivity index (χ1) is 11.4. The number of rotatable bonds is 3. The van der Waals surface area contributed by atoms with Gasteiger partial charge < -0.3 is 5.32 Å². The summed E-state index contributed by atoms with van der Waals surface area (Å²) in [5, 5.41) is 2.43. The van der Waals surface area contributed by atoms with Gasteiger partial charge in [0.2, 0.25) is 5.91 Å². The Balaban J connectivity index is 1.84. The summed E-state index contributed by atoms with van der Waals surface area (Å²) in [5.74, 6) is -1.00. The minimum Gasteiger partial charge on any atom is -0.322 e. The molecule has 0 saturated carbocycles. The Morgan fingerprint density at radius 1 is 1.17 bits per heavy atom. The molecule has 2 N–H and O–H groups in total. The van der Waals surface area contributed by atoms with Crippen molar-refractivity contribution in [2.75, 3.05) is 5.32 Å². The highest BCUT2D eigenvalue weighted by Crippen LogP contribution is 2.22. The van der Waals surface area contributed by atoms with Gasteiger partial charge in [-0.2, -0.15) is 0 Å². The third-order valence-electron chi connectivity index (χ3n) is 3.50. The van der Waals surface area contributed by atoms with Gasteiger partial charge in [0.15, 0.2) is 0 Å². The highest BCUT2D eigenvalue weighted by molar-refractivity contribution is 7.90. The second-order valence-electron chi connectivity index (χ2n) is 5.22. The number of halogens is 1. The normalized spacial score (nSPS) is 17.8. The molecule has 2 aromatic rings. The summed E-state index contributed by atoms with van der Waals surface area (Å²) < 4.78 is 39.9. The van der Waals surface area contributed by atoms with Crippen molar-refractivity contribution in [2.45, 2.75) is 17.9 Å². The van der Waals surface area contributed by atoms with Crippen LogP contribution in [-0.4, -0.2) is 26.2 Å². The highest BCUT2D eigenvalue weighted by Gasteiger charge is 2.31. The summed E-state index contributed by atoms with van der Waals surface area (Å²) in [6.45, 7) is 1.50. The molecule has 0 radical (unpaired) electrons. The zero-order chi connectivity index (χ0) is 17.3. The van der Waals surface area contributed by atoms with Crippen molar-refractivity contribution in [3.05, 3.63) is 59.9 Å². The first kappa shape index (κ1) is 16.1. The van der Waals surface area contributed by atoms with E-state index in [2.05, 4.69) is 15.0 Å². The zero-order valence-corrected chi connectivity index (χ0v) is 13.5. The van der Waals surface area contributed by atoms with Crippen LogP contribution in [0.2, 0.25) is 0 Å². The molecular weight excluding hydrogens is 333 g/mol. The van der Waals surface area contributed by atoms with Crippen molar-refractivity contribution in [3.8, 4) is 0 Å². The summed E-state index contributed by atoms with van der Waals surface area (Å²) in [6.07, 6.45) is 0. The Hall–Kier alpha value is -2.74. The lowest BCUT2D eigenvalue weighted by molar-refractivity contribution is -0.117. The third kappa shape index (κ3) is 3.00. The van der Waals surface area contributed by atoms with Gasteiger partial charge in [-0.3, -0.25) is 14.5 Å². The van der Waals surface area contributed by atoms with Gasteiger partial charge in [-0.15, -0.1) is 0 Å². The van der Waals surface area contributed by atoms with E-state index in [1.165, 1.54) is 31.2 Å². The number of sulfonamides is 1. The molecular formula is C16H14FN3O3S. The van der Waals surface area contributed by atoms with E-state index in [1.54, 1.807) is 24.3 Å². The number of para-hydroxylation sites is 1. The van der Waals surface area contributed by atoms with Crippen molar-refractivity contribution in [1.82, 2.24) is 4.72 Å². The quantitative estimate of drug-likeness (QED) is 0.889. The van der Waals surface area contributed by atoms with Crippen LogP contribution in [-0.2, 0) is 14.8 Å². The molecule has 0 fully saturated rings. The topological polar surface area (TPSA) is 87.6 Å². The first-order valence-corrected chi connectivity index (χ1v) is 8.62. The SMILES string of the molecule is C[C@H](N=C1NS(=O)(=O)c2ccccc21)C(=O)Nc1ccccc1F. The lowest BCUT2D eigenvalue weighted by Crippen LogP contribution is -2.29. The van der Waals surface area contributed by atoms with E-state index < -0.39 is 27.8 Å². The number of carbonyl (C=O) groups excluding carboxylic acids is 1. The molecule has 0 aromatic heterocycles. The second-order valence-corrected chi connectivity index (χ2v) is 6.88. The van der Waals surface area contributed by atoms with Crippen molar-refractivity contribution in [3.63, 3.8) is 0 Å². The predicted octanol–water partition coefficient (Wildman–Crippen LogP) is 1.89. The van der Waals surface area contributed by atoms with Crippen LogP contribution in [0.5, 0.6) is 0 Å². The van der Waals surface area contributed by atoms with E-state index >= 15 is 0 Å². The fraction of sp³-hybridized carbons (Fsp3) is 0.125. The maximum Gasteiger partial charge on any atom is 0.263 e. The zero-order valence-electron chi connectivity index (χ0n) is 12.7. The van der Waals surface area contributed by atoms with Gasteiger partial charge in [0, 0.05) is 5.56 Å². The highest BCUT2D eigenvalue weighted by atomic mass is 32.2. The van der Waals surface area contributed by atoms with Crippen LogP contribution >= 0.6 is 0 Å². The lowest BCUT2D eigenvalue weighted by atomic mass is 10.2. The molecule has 1 aliphatic heterocycles. The summed E-state index contributed by atoms with van der Waals surface area (Å²) >= 11 is 0. The van der Waals surface area contributed by atoms with Gasteiger partial charge in [0.25, 0.3) is 10.0 Å². The molecule has 0 aliphatic carbocycles. The second kappa shape index (κ2) is 6.04.